The lowest BCUT2D eigenvalue weighted by Gasteiger charge is -2.14. The second kappa shape index (κ2) is 15.6. The van der Waals surface area contributed by atoms with E-state index in [0.29, 0.717) is 11.9 Å². The number of fused-ring (bicyclic) bond motifs is 2. The van der Waals surface area contributed by atoms with Crippen molar-refractivity contribution in [2.75, 3.05) is 10.6 Å². The van der Waals surface area contributed by atoms with Crippen LogP contribution in [0.25, 0.3) is 33.7 Å². The topological polar surface area (TPSA) is 152 Å². The van der Waals surface area contributed by atoms with Crippen molar-refractivity contribution in [1.82, 2.24) is 39.0 Å². The standard InChI is InChI=1S/2C20H19N5O/c1-14(16-5-3-2-4-6-16)23-20-21-10-9-19(24-20)25-13-22-17-11-15(12-26)7-8-18(17)25;1-14(16-5-3-2-4-6-16)23-20-21-10-9-19(24-20)25-13-22-17-8-7-15(12-26)11-18(17)25/h2*2-11,13-14,26H,12H2,1H3,(H,21,23,24)/t2*14-/m00/s1. The molecule has 8 aromatic rings. The molecule has 0 fully saturated rings. The van der Waals surface area contributed by atoms with Gasteiger partial charge in [0.15, 0.2) is 0 Å². The third-order valence-electron chi connectivity index (χ3n) is 8.65. The van der Waals surface area contributed by atoms with Gasteiger partial charge in [0, 0.05) is 12.4 Å². The van der Waals surface area contributed by atoms with Gasteiger partial charge in [-0.25, -0.2) is 19.9 Å². The Balaban J connectivity index is 0.000000162. The number of hydrogen-bond donors (Lipinski definition) is 4. The van der Waals surface area contributed by atoms with Gasteiger partial charge in [0.1, 0.15) is 24.3 Å². The van der Waals surface area contributed by atoms with Gasteiger partial charge in [-0.2, -0.15) is 9.97 Å². The van der Waals surface area contributed by atoms with E-state index in [1.165, 1.54) is 11.1 Å². The Morgan fingerprint density at radius 2 is 1.04 bits per heavy atom. The molecular formula is C40H38N10O2. The monoisotopic (exact) mass is 690 g/mol. The molecule has 0 saturated carbocycles. The molecule has 4 aromatic heterocycles. The highest BCUT2D eigenvalue weighted by Gasteiger charge is 2.12. The maximum atomic E-state index is 9.38. The first kappa shape index (κ1) is 34.0. The predicted molar refractivity (Wildman–Crippen MR) is 202 cm³/mol. The summed E-state index contributed by atoms with van der Waals surface area (Å²) >= 11 is 0. The molecule has 0 aliphatic rings. The minimum absolute atomic E-state index is 0.00174. The van der Waals surface area contributed by atoms with E-state index in [-0.39, 0.29) is 25.3 Å². The van der Waals surface area contributed by atoms with Crippen LogP contribution in [0.1, 0.15) is 48.2 Å². The van der Waals surface area contributed by atoms with Gasteiger partial charge in [0.25, 0.3) is 0 Å². The van der Waals surface area contributed by atoms with Crippen molar-refractivity contribution in [1.29, 1.82) is 0 Å². The van der Waals surface area contributed by atoms with E-state index < -0.39 is 0 Å². The third-order valence-corrected chi connectivity index (χ3v) is 8.65. The van der Waals surface area contributed by atoms with Gasteiger partial charge in [0.05, 0.1) is 47.4 Å². The highest BCUT2D eigenvalue weighted by atomic mass is 16.3. The lowest BCUT2D eigenvalue weighted by Crippen LogP contribution is -2.10. The molecule has 8 rings (SSSR count). The van der Waals surface area contributed by atoms with Crippen LogP contribution in [0.5, 0.6) is 0 Å². The Hall–Kier alpha value is -6.50. The molecule has 12 nitrogen and oxygen atoms in total. The summed E-state index contributed by atoms with van der Waals surface area (Å²) in [6.45, 7) is 4.15. The Morgan fingerprint density at radius 1 is 0.538 bits per heavy atom. The molecule has 4 N–H and O–H groups in total. The Bertz CT molecular complexity index is 2400. The van der Waals surface area contributed by atoms with Gasteiger partial charge in [-0.1, -0.05) is 72.8 Å². The van der Waals surface area contributed by atoms with Gasteiger partial charge in [-0.3, -0.25) is 9.13 Å². The lowest BCUT2D eigenvalue weighted by molar-refractivity contribution is 0.282. The highest BCUT2D eigenvalue weighted by molar-refractivity contribution is 5.78. The summed E-state index contributed by atoms with van der Waals surface area (Å²) in [5.74, 6) is 2.58. The number of anilines is 2. The zero-order chi connectivity index (χ0) is 35.9. The fourth-order valence-corrected chi connectivity index (χ4v) is 5.82. The van der Waals surface area contributed by atoms with Gasteiger partial charge >= 0.3 is 0 Å². The van der Waals surface area contributed by atoms with Crippen molar-refractivity contribution in [3.63, 3.8) is 0 Å². The SMILES string of the molecule is C[C@H](Nc1nccc(-n2cnc3cc(CO)ccc32)n1)c1ccccc1.C[C@H](Nc1nccc(-n2cnc3ccc(CO)cc32)n1)c1ccccc1. The van der Waals surface area contributed by atoms with Gasteiger partial charge in [0.2, 0.25) is 11.9 Å². The number of aromatic nitrogens is 8. The van der Waals surface area contributed by atoms with E-state index in [1.807, 2.05) is 94.1 Å². The predicted octanol–water partition coefficient (Wildman–Crippen LogP) is 6.96. The maximum absolute atomic E-state index is 9.38. The molecule has 0 aliphatic carbocycles. The number of rotatable bonds is 10. The summed E-state index contributed by atoms with van der Waals surface area (Å²) < 4.78 is 3.81. The minimum atomic E-state index is -0.00765. The molecule has 12 heteroatoms. The molecule has 0 saturated heterocycles. The number of aliphatic hydroxyl groups excluding tert-OH is 2. The van der Waals surface area contributed by atoms with E-state index in [2.05, 4.69) is 78.7 Å². The van der Waals surface area contributed by atoms with Crippen LogP contribution < -0.4 is 10.6 Å². The van der Waals surface area contributed by atoms with Gasteiger partial charge in [-0.15, -0.1) is 0 Å². The van der Waals surface area contributed by atoms with Crippen molar-refractivity contribution in [2.45, 2.75) is 39.1 Å². The van der Waals surface area contributed by atoms with Crippen LogP contribution in [0.2, 0.25) is 0 Å². The lowest BCUT2D eigenvalue weighted by atomic mass is 10.1. The average Bonchev–Trinajstić information content (AvgIpc) is 3.83. The van der Waals surface area contributed by atoms with Crippen molar-refractivity contribution >= 4 is 34.0 Å². The van der Waals surface area contributed by atoms with Gasteiger partial charge in [-0.05, 0) is 72.5 Å². The maximum Gasteiger partial charge on any atom is 0.225 e. The zero-order valence-corrected chi connectivity index (χ0v) is 28.7. The number of nitrogens with zero attached hydrogens (tertiary/aromatic N) is 8. The van der Waals surface area contributed by atoms with Crippen molar-refractivity contribution in [3.05, 3.63) is 156 Å². The summed E-state index contributed by atoms with van der Waals surface area (Å²) in [5, 5.41) is 25.3. The number of benzene rings is 4. The highest BCUT2D eigenvalue weighted by Crippen LogP contribution is 2.23. The summed E-state index contributed by atoms with van der Waals surface area (Å²) in [4.78, 5) is 26.7. The average molecular weight is 691 g/mol. The smallest absolute Gasteiger partial charge is 0.225 e. The van der Waals surface area contributed by atoms with Crippen LogP contribution in [-0.4, -0.2) is 49.3 Å². The number of nitrogens with one attached hydrogen (secondary N) is 2. The fraction of sp³-hybridized carbons (Fsp3) is 0.150. The van der Waals surface area contributed by atoms with Crippen molar-refractivity contribution in [2.24, 2.45) is 0 Å². The van der Waals surface area contributed by atoms with E-state index in [9.17, 15) is 10.2 Å². The Kier molecular flexibility index (Phi) is 10.2. The molecule has 0 bridgehead atoms. The van der Waals surface area contributed by atoms with Gasteiger partial charge < -0.3 is 20.8 Å². The molecule has 4 heterocycles. The summed E-state index contributed by atoms with van der Waals surface area (Å²) in [5.41, 5.74) is 7.53. The van der Waals surface area contributed by atoms with E-state index >= 15 is 0 Å². The number of aliphatic hydroxyl groups is 2. The molecule has 0 radical (unpaired) electrons. The second-order valence-electron chi connectivity index (χ2n) is 12.2. The van der Waals surface area contributed by atoms with Crippen LogP contribution in [0.15, 0.2) is 134 Å². The van der Waals surface area contributed by atoms with Crippen LogP contribution in [0.3, 0.4) is 0 Å². The Labute approximate surface area is 300 Å². The molecule has 52 heavy (non-hydrogen) atoms. The number of imidazole rings is 2. The quantitative estimate of drug-likeness (QED) is 0.119. The Morgan fingerprint density at radius 3 is 1.60 bits per heavy atom. The first-order chi connectivity index (χ1) is 25.5. The third kappa shape index (κ3) is 7.63. The molecule has 0 unspecified atom stereocenters. The summed E-state index contributed by atoms with van der Waals surface area (Å²) in [7, 11) is 0. The van der Waals surface area contributed by atoms with E-state index in [0.717, 1.165) is 44.8 Å². The first-order valence-electron chi connectivity index (χ1n) is 16.9. The normalized spacial score (nSPS) is 12.2. The summed E-state index contributed by atoms with van der Waals surface area (Å²) in [6.07, 6.45) is 6.93. The number of hydrogen-bond acceptors (Lipinski definition) is 10. The van der Waals surface area contributed by atoms with E-state index in [1.54, 1.807) is 25.0 Å². The fourth-order valence-electron chi connectivity index (χ4n) is 5.82. The second-order valence-corrected chi connectivity index (χ2v) is 12.2. The first-order valence-corrected chi connectivity index (χ1v) is 16.9. The van der Waals surface area contributed by atoms with Crippen LogP contribution in [-0.2, 0) is 13.2 Å². The molecular weight excluding hydrogens is 653 g/mol. The molecule has 0 aliphatic heterocycles. The van der Waals surface area contributed by atoms with Crippen LogP contribution in [0, 0.1) is 0 Å². The van der Waals surface area contributed by atoms with Crippen LogP contribution >= 0.6 is 0 Å². The van der Waals surface area contributed by atoms with Crippen LogP contribution in [0.4, 0.5) is 11.9 Å². The largest absolute Gasteiger partial charge is 0.392 e. The molecule has 0 spiro atoms. The van der Waals surface area contributed by atoms with Crippen molar-refractivity contribution < 1.29 is 10.2 Å². The minimum Gasteiger partial charge on any atom is -0.392 e. The van der Waals surface area contributed by atoms with Crippen molar-refractivity contribution in [3.8, 4) is 11.6 Å². The molecule has 0 amide bonds. The zero-order valence-electron chi connectivity index (χ0n) is 28.7. The van der Waals surface area contributed by atoms with E-state index in [4.69, 9.17) is 0 Å². The molecule has 4 aromatic carbocycles. The summed E-state index contributed by atoms with van der Waals surface area (Å²) in [6, 6.07) is 35.6. The molecule has 260 valence electrons. The molecule has 2 atom stereocenters.